The zero-order chi connectivity index (χ0) is 23.1. The second kappa shape index (κ2) is 8.35. The van der Waals surface area contributed by atoms with Crippen LogP contribution in [-0.2, 0) is 31.8 Å². The Bertz CT molecular complexity index is 1150. The Kier molecular flexibility index (Phi) is 5.88. The van der Waals surface area contributed by atoms with Crippen molar-refractivity contribution in [2.75, 3.05) is 16.2 Å². The van der Waals surface area contributed by atoms with Gasteiger partial charge in [-0.1, -0.05) is 45.0 Å². The molecule has 4 rings (SSSR count). The van der Waals surface area contributed by atoms with Crippen LogP contribution >= 0.6 is 0 Å². The molecule has 0 spiro atoms. The number of amides is 1. The van der Waals surface area contributed by atoms with Crippen LogP contribution in [0.1, 0.15) is 62.6 Å². The van der Waals surface area contributed by atoms with Crippen LogP contribution in [0.2, 0.25) is 0 Å². The van der Waals surface area contributed by atoms with E-state index in [1.165, 1.54) is 0 Å². The van der Waals surface area contributed by atoms with E-state index >= 15 is 0 Å². The first-order chi connectivity index (χ1) is 15.1. The first kappa shape index (κ1) is 22.5. The first-order valence-electron chi connectivity index (χ1n) is 11.2. The highest BCUT2D eigenvalue weighted by molar-refractivity contribution is 7.91. The van der Waals surface area contributed by atoms with Crippen molar-refractivity contribution in [1.29, 1.82) is 0 Å². The molecule has 0 aromatic heterocycles. The molecule has 1 aliphatic heterocycles. The molecular formula is C25H30N2O4S. The predicted molar refractivity (Wildman–Crippen MR) is 126 cm³/mol. The quantitative estimate of drug-likeness (QED) is 0.672. The van der Waals surface area contributed by atoms with Crippen molar-refractivity contribution >= 4 is 33.1 Å². The van der Waals surface area contributed by atoms with E-state index in [2.05, 4.69) is 4.72 Å². The van der Waals surface area contributed by atoms with Crippen LogP contribution in [0.5, 0.6) is 0 Å². The number of ketones is 1. The van der Waals surface area contributed by atoms with Crippen molar-refractivity contribution in [3.63, 3.8) is 0 Å². The summed E-state index contributed by atoms with van der Waals surface area (Å²) in [4.78, 5) is 25.8. The number of benzene rings is 2. The van der Waals surface area contributed by atoms with Crippen molar-refractivity contribution in [1.82, 2.24) is 0 Å². The summed E-state index contributed by atoms with van der Waals surface area (Å²) in [6.45, 7) is 6.62. The van der Waals surface area contributed by atoms with Crippen molar-refractivity contribution in [3.05, 3.63) is 59.2 Å². The predicted octanol–water partition coefficient (Wildman–Crippen LogP) is 4.40. The summed E-state index contributed by atoms with van der Waals surface area (Å²) in [5.41, 5.74) is 3.80. The molecule has 1 saturated carbocycles. The average Bonchev–Trinajstić information content (AvgIpc) is 2.74. The molecule has 1 aliphatic carbocycles. The molecule has 2 aliphatic rings. The topological polar surface area (TPSA) is 83.6 Å². The molecule has 2 aromatic carbocycles. The fourth-order valence-corrected chi connectivity index (χ4v) is 5.86. The lowest BCUT2D eigenvalue weighted by molar-refractivity contribution is -0.138. The van der Waals surface area contributed by atoms with Gasteiger partial charge in [0.1, 0.15) is 5.78 Å². The number of hydrogen-bond acceptors (Lipinski definition) is 4. The molecule has 1 fully saturated rings. The van der Waals surface area contributed by atoms with E-state index < -0.39 is 10.0 Å². The minimum atomic E-state index is -3.59. The summed E-state index contributed by atoms with van der Waals surface area (Å²) in [6, 6.07) is 12.9. The SMILES string of the molecule is CCCN1C(=O)CCc2cc(NS(=O)(=O)Cc3ccc(C4CC(=O)C4(C)C)cc3)ccc21. The maximum Gasteiger partial charge on any atom is 0.236 e. The zero-order valence-electron chi connectivity index (χ0n) is 18.8. The minimum absolute atomic E-state index is 0.116. The van der Waals surface area contributed by atoms with E-state index in [4.69, 9.17) is 0 Å². The summed E-state index contributed by atoms with van der Waals surface area (Å²) in [6.07, 6.45) is 2.48. The Labute approximate surface area is 190 Å². The standard InChI is InChI=1S/C25H30N2O4S/c1-4-13-27-22-11-10-20(14-19(22)9-12-24(27)29)26-32(30,31)16-17-5-7-18(8-6-17)21-15-23(28)25(21,2)3/h5-8,10-11,14,21,26H,4,9,12-13,15-16H2,1-3H3. The Balaban J connectivity index is 1.45. The Morgan fingerprint density at radius 2 is 1.78 bits per heavy atom. The molecule has 170 valence electrons. The third-order valence-electron chi connectivity index (χ3n) is 6.72. The Hall–Kier alpha value is -2.67. The van der Waals surface area contributed by atoms with Gasteiger partial charge in [0.05, 0.1) is 5.75 Å². The van der Waals surface area contributed by atoms with Gasteiger partial charge in [-0.15, -0.1) is 0 Å². The van der Waals surface area contributed by atoms with Crippen LogP contribution in [0.15, 0.2) is 42.5 Å². The number of sulfonamides is 1. The number of carbonyl (C=O) groups is 2. The van der Waals surface area contributed by atoms with Crippen molar-refractivity contribution in [2.24, 2.45) is 5.41 Å². The summed E-state index contributed by atoms with van der Waals surface area (Å²) in [5.74, 6) is 0.447. The lowest BCUT2D eigenvalue weighted by Crippen LogP contribution is -2.43. The molecule has 32 heavy (non-hydrogen) atoms. The van der Waals surface area contributed by atoms with Gasteiger partial charge in [-0.3, -0.25) is 14.3 Å². The maximum absolute atomic E-state index is 12.8. The normalized spacial score (nSPS) is 20.0. The van der Waals surface area contributed by atoms with Crippen LogP contribution in [0.4, 0.5) is 11.4 Å². The van der Waals surface area contributed by atoms with Gasteiger partial charge in [0.15, 0.2) is 0 Å². The fourth-order valence-electron chi connectivity index (χ4n) is 4.67. The minimum Gasteiger partial charge on any atom is -0.312 e. The van der Waals surface area contributed by atoms with Gasteiger partial charge in [-0.2, -0.15) is 0 Å². The smallest absolute Gasteiger partial charge is 0.236 e. The molecule has 1 atom stereocenters. The van der Waals surface area contributed by atoms with Gasteiger partial charge >= 0.3 is 0 Å². The summed E-state index contributed by atoms with van der Waals surface area (Å²) in [7, 11) is -3.59. The molecule has 6 nitrogen and oxygen atoms in total. The highest BCUT2D eigenvalue weighted by atomic mass is 32.2. The molecule has 0 radical (unpaired) electrons. The van der Waals surface area contributed by atoms with Gasteiger partial charge in [0.25, 0.3) is 0 Å². The largest absolute Gasteiger partial charge is 0.312 e. The van der Waals surface area contributed by atoms with Gasteiger partial charge in [-0.25, -0.2) is 8.42 Å². The summed E-state index contributed by atoms with van der Waals surface area (Å²) < 4.78 is 28.2. The molecule has 0 bridgehead atoms. The highest BCUT2D eigenvalue weighted by Gasteiger charge is 2.47. The van der Waals surface area contributed by atoms with Gasteiger partial charge < -0.3 is 4.90 Å². The Morgan fingerprint density at radius 3 is 2.41 bits per heavy atom. The van der Waals surface area contributed by atoms with Gasteiger partial charge in [0, 0.05) is 42.1 Å². The summed E-state index contributed by atoms with van der Waals surface area (Å²) >= 11 is 0. The molecule has 0 saturated heterocycles. The van der Waals surface area contributed by atoms with E-state index in [1.807, 2.05) is 57.2 Å². The fraction of sp³-hybridized carbons (Fsp3) is 0.440. The number of nitrogens with zero attached hydrogens (tertiary/aromatic N) is 1. The number of nitrogens with one attached hydrogen (secondary N) is 1. The molecule has 1 N–H and O–H groups in total. The van der Waals surface area contributed by atoms with Crippen LogP contribution in [-0.4, -0.2) is 26.7 Å². The molecule has 1 amide bonds. The molecule has 1 unspecified atom stereocenters. The number of Topliss-reactive ketones (excluding diaryl/α,β-unsaturated/α-hetero) is 1. The second-order valence-electron chi connectivity index (χ2n) is 9.39. The number of fused-ring (bicyclic) bond motifs is 1. The lowest BCUT2D eigenvalue weighted by Gasteiger charge is -2.42. The van der Waals surface area contributed by atoms with Crippen molar-refractivity contribution < 1.29 is 18.0 Å². The van der Waals surface area contributed by atoms with Crippen LogP contribution in [0.25, 0.3) is 0 Å². The Morgan fingerprint density at radius 1 is 1.06 bits per heavy atom. The highest BCUT2D eigenvalue weighted by Crippen LogP contribution is 2.49. The van der Waals surface area contributed by atoms with Gasteiger partial charge in [-0.05, 0) is 47.7 Å². The van der Waals surface area contributed by atoms with E-state index in [9.17, 15) is 18.0 Å². The number of carbonyl (C=O) groups excluding carboxylic acids is 2. The van der Waals surface area contributed by atoms with Crippen LogP contribution in [0, 0.1) is 5.41 Å². The third-order valence-corrected chi connectivity index (χ3v) is 7.98. The monoisotopic (exact) mass is 454 g/mol. The van der Waals surface area contributed by atoms with E-state index in [0.717, 1.165) is 23.2 Å². The molecule has 1 heterocycles. The first-order valence-corrected chi connectivity index (χ1v) is 12.8. The molecular weight excluding hydrogens is 424 g/mol. The molecule has 2 aromatic rings. The van der Waals surface area contributed by atoms with Gasteiger partial charge in [0.2, 0.25) is 15.9 Å². The van der Waals surface area contributed by atoms with E-state index in [1.54, 1.807) is 11.0 Å². The lowest BCUT2D eigenvalue weighted by atomic mass is 9.59. The molecule has 7 heteroatoms. The number of hydrogen-bond donors (Lipinski definition) is 1. The summed E-state index contributed by atoms with van der Waals surface area (Å²) in [5, 5.41) is 0. The number of rotatable bonds is 7. The second-order valence-corrected chi connectivity index (χ2v) is 11.1. The van der Waals surface area contributed by atoms with E-state index in [-0.39, 0.29) is 28.8 Å². The number of anilines is 2. The third kappa shape index (κ3) is 4.31. The van der Waals surface area contributed by atoms with Crippen LogP contribution in [0.3, 0.4) is 0 Å². The number of aryl methyl sites for hydroxylation is 1. The van der Waals surface area contributed by atoms with Crippen molar-refractivity contribution in [3.8, 4) is 0 Å². The van der Waals surface area contributed by atoms with E-state index in [0.29, 0.717) is 37.1 Å². The maximum atomic E-state index is 12.8. The van der Waals surface area contributed by atoms with Crippen LogP contribution < -0.4 is 9.62 Å². The zero-order valence-corrected chi connectivity index (χ0v) is 19.7. The average molecular weight is 455 g/mol. The van der Waals surface area contributed by atoms with Crippen molar-refractivity contribution in [2.45, 2.75) is 58.1 Å².